The molecule has 0 saturated heterocycles. The fourth-order valence-corrected chi connectivity index (χ4v) is 10.8. The van der Waals surface area contributed by atoms with Crippen LogP contribution in [0.25, 0.3) is 0 Å². The Morgan fingerprint density at radius 2 is 1.18 bits per heavy atom. The Labute approximate surface area is 492 Å². The van der Waals surface area contributed by atoms with Crippen LogP contribution in [0.4, 0.5) is 0 Å². The summed E-state index contributed by atoms with van der Waals surface area (Å²) in [6.45, 7) is 14.5. The Kier molecular flexibility index (Phi) is 35.3. The van der Waals surface area contributed by atoms with E-state index in [9.17, 15) is 91.6 Å². The maximum Gasteiger partial charge on any atom is 0.331 e. The lowest BCUT2D eigenvalue weighted by atomic mass is 9.80. The van der Waals surface area contributed by atoms with Gasteiger partial charge in [-0.1, -0.05) is 116 Å². The van der Waals surface area contributed by atoms with Crippen LogP contribution >= 0.6 is 0 Å². The van der Waals surface area contributed by atoms with Gasteiger partial charge in [0.05, 0.1) is 91.6 Å². The van der Waals surface area contributed by atoms with E-state index in [0.29, 0.717) is 32.2 Å². The summed E-state index contributed by atoms with van der Waals surface area (Å²) in [5, 5.41) is 187. The predicted octanol–water partition coefficient (Wildman–Crippen LogP) is 0.738. The monoisotopic (exact) mass is 1190 g/mol. The van der Waals surface area contributed by atoms with Crippen molar-refractivity contribution in [1.29, 1.82) is 0 Å². The molecule has 1 aliphatic heterocycles. The Morgan fingerprint density at radius 3 is 1.76 bits per heavy atom. The quantitative estimate of drug-likeness (QED) is 0.118. The normalized spacial score (nSPS) is 42.3. The first-order chi connectivity index (χ1) is 38.9. The summed E-state index contributed by atoms with van der Waals surface area (Å²) in [6, 6.07) is 0. The lowest BCUT2D eigenvalue weighted by Crippen LogP contribution is -2.56. The van der Waals surface area contributed by atoms with Crippen molar-refractivity contribution in [2.24, 2.45) is 59.0 Å². The van der Waals surface area contributed by atoms with E-state index >= 15 is 0 Å². The minimum Gasteiger partial charge on any atom is -0.458 e. The van der Waals surface area contributed by atoms with Crippen LogP contribution in [0.15, 0.2) is 72.4 Å². The van der Waals surface area contributed by atoms with Gasteiger partial charge in [-0.25, -0.2) is 4.79 Å². The summed E-state index contributed by atoms with van der Waals surface area (Å²) in [5.41, 5.74) is 5.93. The highest BCUT2D eigenvalue weighted by Gasteiger charge is 2.45. The summed E-state index contributed by atoms with van der Waals surface area (Å²) in [7, 11) is 0. The average molecular weight is 1190 g/mol. The molecular formula is C62H109NO20. The second-order valence-electron chi connectivity index (χ2n) is 24.3. The van der Waals surface area contributed by atoms with Crippen molar-refractivity contribution in [3.63, 3.8) is 0 Å². The number of nitrogens with two attached hydrogens (primary N) is 1. The molecular weight excluding hydrogens is 1080 g/mol. The van der Waals surface area contributed by atoms with Gasteiger partial charge in [-0.2, -0.15) is 0 Å². The highest BCUT2D eigenvalue weighted by molar-refractivity contribution is 5.82. The van der Waals surface area contributed by atoms with Crippen LogP contribution in [0.3, 0.4) is 0 Å². The van der Waals surface area contributed by atoms with Gasteiger partial charge in [0.25, 0.3) is 0 Å². The molecule has 21 nitrogen and oxygen atoms in total. The van der Waals surface area contributed by atoms with Gasteiger partial charge in [0.15, 0.2) is 0 Å². The fourth-order valence-electron chi connectivity index (χ4n) is 10.8. The fraction of sp³-hybridized carbons (Fsp3) is 0.790. The van der Waals surface area contributed by atoms with E-state index in [1.54, 1.807) is 71.9 Å². The average Bonchev–Trinajstić information content (AvgIpc) is 3.44. The largest absolute Gasteiger partial charge is 0.458 e. The van der Waals surface area contributed by atoms with E-state index in [4.69, 9.17) is 15.2 Å². The van der Waals surface area contributed by atoms with Crippen LogP contribution in [0.1, 0.15) is 127 Å². The van der Waals surface area contributed by atoms with Gasteiger partial charge in [-0.05, 0) is 70.4 Å². The number of carbonyl (C=O) groups is 1. The third-order valence-corrected chi connectivity index (χ3v) is 17.4. The van der Waals surface area contributed by atoms with Crippen LogP contribution in [0, 0.1) is 53.3 Å². The first-order valence-electron chi connectivity index (χ1n) is 30.0. The molecule has 0 radical (unpaired) electrons. The van der Waals surface area contributed by atoms with Crippen molar-refractivity contribution in [2.75, 3.05) is 13.2 Å². The molecule has 1 saturated carbocycles. The van der Waals surface area contributed by atoms with Gasteiger partial charge in [0.1, 0.15) is 24.4 Å². The van der Waals surface area contributed by atoms with Crippen molar-refractivity contribution in [1.82, 2.24) is 0 Å². The molecule has 1 heterocycles. The molecule has 28 atom stereocenters. The van der Waals surface area contributed by atoms with Crippen molar-refractivity contribution < 1.29 is 101 Å². The standard InChI is InChI=1S/C62H109NO20/c1-33-16-10-12-19-48(70)38(6)57(76)34(2)17-11-13-22-55(74)83-52(37(5)47(69)20-15-25-63)21-14-18-43(65)28-44(66)29-49(71)39(7)58(77)40(8)50(72)30-45(67)31-51(73)41(9)59(78)53(26-36(4)56(75)35(3)23-24-46(33)68)82-54-27-42(32-64)60(79)62(81)61(54)80/h10-11,13-14,16-18,22-24,26,33-35,37-54,56-62,64-73,75-81H,12,15,19-21,25,27-32,63H2,1-9H3/t33?,34?,35?,37?,38?,39?,40?,41?,42-,43?,44?,45?,46?,47?,48?,49?,50?,51?,52?,53?,54+,56?,57?,58?,59?,60-,61-,62+/m1/s1. The number of carbonyl (C=O) groups excluding carboxylic acids is 1. The zero-order chi connectivity index (χ0) is 63.0. The molecule has 2 aliphatic rings. The van der Waals surface area contributed by atoms with Crippen LogP contribution in [-0.4, -0.2) is 222 Å². The van der Waals surface area contributed by atoms with Crippen LogP contribution in [-0.2, 0) is 14.3 Å². The number of rotatable bonds is 8. The Balaban J connectivity index is 2.48. The number of cyclic esters (lactones) is 1. The molecule has 2 rings (SSSR count). The lowest BCUT2D eigenvalue weighted by Gasteiger charge is -2.42. The first-order valence-corrected chi connectivity index (χ1v) is 30.0. The number of ether oxygens (including phenoxy) is 2. The van der Waals surface area contributed by atoms with Crippen LogP contribution in [0.2, 0.25) is 0 Å². The van der Waals surface area contributed by atoms with E-state index in [2.05, 4.69) is 0 Å². The number of esters is 1. The first kappa shape index (κ1) is 76.2. The maximum atomic E-state index is 13.1. The third-order valence-electron chi connectivity index (χ3n) is 17.4. The SMILES string of the molecule is CC1=CC(O[C@H]2C[C@H](CO)[C@@H](O)[C@H](O)[C@@H]2O)C(O)C(C)C(O)CC(O)CC(O)C(C)C(O)C(C)C(O)CC(O)CC(O)C=CCC(C(C)C(O)CCCN)OC(=O)C=CC=CC(C)C(O)C(C)C(O)CCC=CC(C)C(O)C=CC(C)C1O. The molecule has 21 heteroatoms. The molecule has 0 aromatic heterocycles. The number of aliphatic hydroxyl groups is 17. The summed E-state index contributed by atoms with van der Waals surface area (Å²) >= 11 is 0. The number of aliphatic hydroxyl groups excluding tert-OH is 17. The van der Waals surface area contributed by atoms with Crippen molar-refractivity contribution in [3.8, 4) is 0 Å². The number of hydrogen-bond donors (Lipinski definition) is 18. The lowest BCUT2D eigenvalue weighted by molar-refractivity contribution is -0.198. The zero-order valence-electron chi connectivity index (χ0n) is 50.4. The second kappa shape index (κ2) is 38.4. The third kappa shape index (κ3) is 25.4. The molecule has 482 valence electrons. The summed E-state index contributed by atoms with van der Waals surface area (Å²) in [6.07, 6.45) is -6.98. The highest BCUT2D eigenvalue weighted by Crippen LogP contribution is 2.33. The highest BCUT2D eigenvalue weighted by atomic mass is 16.5. The molecule has 1 fully saturated rings. The molecule has 23 unspecified atom stereocenters. The molecule has 0 spiro atoms. The van der Waals surface area contributed by atoms with Gasteiger partial charge >= 0.3 is 5.97 Å². The van der Waals surface area contributed by atoms with E-state index < -0.39 is 182 Å². The minimum absolute atomic E-state index is 0.0816. The molecule has 0 bridgehead atoms. The number of allylic oxidation sites excluding steroid dienone is 3. The van der Waals surface area contributed by atoms with Gasteiger partial charge in [0.2, 0.25) is 0 Å². The Hall–Kier alpha value is -2.85. The number of hydrogen-bond acceptors (Lipinski definition) is 21. The molecule has 19 N–H and O–H groups in total. The van der Waals surface area contributed by atoms with E-state index in [-0.39, 0.29) is 44.1 Å². The second-order valence-corrected chi connectivity index (χ2v) is 24.3. The zero-order valence-corrected chi connectivity index (χ0v) is 50.4. The van der Waals surface area contributed by atoms with Crippen LogP contribution in [0.5, 0.6) is 0 Å². The molecule has 0 aromatic carbocycles. The van der Waals surface area contributed by atoms with E-state index in [1.807, 2.05) is 6.08 Å². The van der Waals surface area contributed by atoms with Crippen molar-refractivity contribution in [2.45, 2.75) is 242 Å². The topological polar surface area (TPSA) is 405 Å². The predicted molar refractivity (Wildman–Crippen MR) is 313 cm³/mol. The van der Waals surface area contributed by atoms with Gasteiger partial charge < -0.3 is 102 Å². The van der Waals surface area contributed by atoms with Crippen molar-refractivity contribution >= 4 is 5.97 Å². The molecule has 83 heavy (non-hydrogen) atoms. The molecule has 0 aromatic rings. The molecule has 1 aliphatic carbocycles. The summed E-state index contributed by atoms with van der Waals surface area (Å²) < 4.78 is 12.0. The summed E-state index contributed by atoms with van der Waals surface area (Å²) in [4.78, 5) is 13.1. The van der Waals surface area contributed by atoms with Gasteiger partial charge in [-0.3, -0.25) is 0 Å². The smallest absolute Gasteiger partial charge is 0.331 e. The Bertz CT molecular complexity index is 1990. The maximum absolute atomic E-state index is 13.1. The minimum atomic E-state index is -1.72. The van der Waals surface area contributed by atoms with Gasteiger partial charge in [-0.15, -0.1) is 0 Å². The Morgan fingerprint density at radius 1 is 0.614 bits per heavy atom. The van der Waals surface area contributed by atoms with Gasteiger partial charge in [0, 0.05) is 78.8 Å². The summed E-state index contributed by atoms with van der Waals surface area (Å²) in [5.74, 6) is -7.14. The van der Waals surface area contributed by atoms with E-state index in [0.717, 1.165) is 0 Å². The van der Waals surface area contributed by atoms with Crippen LogP contribution < -0.4 is 5.73 Å². The van der Waals surface area contributed by atoms with Crippen molar-refractivity contribution in [3.05, 3.63) is 72.4 Å². The molecule has 0 amide bonds. The van der Waals surface area contributed by atoms with E-state index in [1.165, 1.54) is 51.2 Å².